The Morgan fingerprint density at radius 1 is 1.35 bits per heavy atom. The average molecular weight is 233 g/mol. The number of nitrogens with one attached hydrogen (secondary N) is 1. The van der Waals surface area contributed by atoms with Gasteiger partial charge in [0.15, 0.2) is 6.29 Å². The van der Waals surface area contributed by atoms with Crippen molar-refractivity contribution in [1.82, 2.24) is 4.98 Å². The maximum Gasteiger partial charge on any atom is 0.338 e. The van der Waals surface area contributed by atoms with E-state index in [9.17, 15) is 9.59 Å². The number of carbonyl (C=O) groups excluding carboxylic acids is 2. The number of benzene rings is 1. The molecule has 0 fully saturated rings. The summed E-state index contributed by atoms with van der Waals surface area (Å²) in [6, 6.07) is 3.23. The number of aromatic nitrogens is 1. The van der Waals surface area contributed by atoms with Crippen LogP contribution in [-0.4, -0.2) is 31.5 Å². The van der Waals surface area contributed by atoms with Gasteiger partial charge in [-0.1, -0.05) is 0 Å². The Morgan fingerprint density at radius 3 is 2.71 bits per heavy atom. The van der Waals surface area contributed by atoms with Crippen LogP contribution < -0.4 is 4.74 Å². The number of methoxy groups -OCH3 is 2. The minimum Gasteiger partial charge on any atom is -0.495 e. The van der Waals surface area contributed by atoms with E-state index in [-0.39, 0.29) is 0 Å². The quantitative estimate of drug-likeness (QED) is 0.648. The molecule has 1 aromatic heterocycles. The van der Waals surface area contributed by atoms with Gasteiger partial charge < -0.3 is 14.5 Å². The van der Waals surface area contributed by atoms with Crippen molar-refractivity contribution in [3.63, 3.8) is 0 Å². The fraction of sp³-hybridized carbons (Fsp3) is 0.167. The molecule has 2 aromatic rings. The van der Waals surface area contributed by atoms with Crippen molar-refractivity contribution >= 4 is 23.2 Å². The Labute approximate surface area is 97.3 Å². The molecule has 1 N–H and O–H groups in total. The van der Waals surface area contributed by atoms with Gasteiger partial charge in [-0.3, -0.25) is 4.79 Å². The standard InChI is InChI=1S/C12H11NO4/c1-16-9-4-3-8(12(15)17-2)10-7(6-14)5-13-11(9)10/h3-6,13H,1-2H3. The molecule has 5 nitrogen and oxygen atoms in total. The Morgan fingerprint density at radius 2 is 2.12 bits per heavy atom. The van der Waals surface area contributed by atoms with Gasteiger partial charge in [-0.25, -0.2) is 4.79 Å². The summed E-state index contributed by atoms with van der Waals surface area (Å²) in [5, 5.41) is 0.520. The molecule has 5 heteroatoms. The number of aromatic amines is 1. The smallest absolute Gasteiger partial charge is 0.338 e. The maximum atomic E-state index is 11.6. The van der Waals surface area contributed by atoms with E-state index in [4.69, 9.17) is 4.74 Å². The monoisotopic (exact) mass is 233 g/mol. The Balaban J connectivity index is 2.81. The van der Waals surface area contributed by atoms with Crippen LogP contribution in [0.2, 0.25) is 0 Å². The average Bonchev–Trinajstić information content (AvgIpc) is 2.80. The summed E-state index contributed by atoms with van der Waals surface area (Å²) in [7, 11) is 2.82. The van der Waals surface area contributed by atoms with E-state index in [0.717, 1.165) is 0 Å². The molecule has 0 saturated heterocycles. The van der Waals surface area contributed by atoms with Crippen LogP contribution in [0, 0.1) is 0 Å². The molecule has 0 aliphatic rings. The third-order valence-electron chi connectivity index (χ3n) is 2.58. The van der Waals surface area contributed by atoms with Gasteiger partial charge in [0.25, 0.3) is 0 Å². The van der Waals surface area contributed by atoms with E-state index in [2.05, 4.69) is 9.72 Å². The van der Waals surface area contributed by atoms with Crippen molar-refractivity contribution in [1.29, 1.82) is 0 Å². The fourth-order valence-corrected chi connectivity index (χ4v) is 1.79. The zero-order valence-corrected chi connectivity index (χ0v) is 9.44. The third-order valence-corrected chi connectivity index (χ3v) is 2.58. The highest BCUT2D eigenvalue weighted by molar-refractivity contribution is 6.11. The summed E-state index contributed by atoms with van der Waals surface area (Å²) in [4.78, 5) is 25.4. The zero-order valence-electron chi connectivity index (χ0n) is 9.44. The van der Waals surface area contributed by atoms with Crippen LogP contribution in [0.4, 0.5) is 0 Å². The molecular weight excluding hydrogens is 222 g/mol. The van der Waals surface area contributed by atoms with Gasteiger partial charge in [-0.05, 0) is 12.1 Å². The number of rotatable bonds is 3. The van der Waals surface area contributed by atoms with E-state index in [1.807, 2.05) is 0 Å². The molecule has 1 heterocycles. The predicted octanol–water partition coefficient (Wildman–Crippen LogP) is 1.78. The molecule has 1 aromatic carbocycles. The topological polar surface area (TPSA) is 68.4 Å². The molecule has 0 aliphatic heterocycles. The van der Waals surface area contributed by atoms with E-state index in [1.165, 1.54) is 20.4 Å². The predicted molar refractivity (Wildman–Crippen MR) is 61.6 cm³/mol. The lowest BCUT2D eigenvalue weighted by atomic mass is 10.1. The SMILES string of the molecule is COC(=O)c1ccc(OC)c2[nH]cc(C=O)c12. The number of H-pyrrole nitrogens is 1. The second kappa shape index (κ2) is 4.29. The number of aldehydes is 1. The minimum atomic E-state index is -0.486. The van der Waals surface area contributed by atoms with Crippen LogP contribution in [0.15, 0.2) is 18.3 Å². The molecular formula is C12H11NO4. The zero-order chi connectivity index (χ0) is 12.4. The fourth-order valence-electron chi connectivity index (χ4n) is 1.79. The van der Waals surface area contributed by atoms with Gasteiger partial charge >= 0.3 is 5.97 Å². The highest BCUT2D eigenvalue weighted by atomic mass is 16.5. The van der Waals surface area contributed by atoms with Crippen molar-refractivity contribution in [2.45, 2.75) is 0 Å². The molecule has 0 aliphatic carbocycles. The van der Waals surface area contributed by atoms with Crippen LogP contribution in [0.1, 0.15) is 20.7 Å². The second-order valence-corrected chi connectivity index (χ2v) is 3.42. The first-order chi connectivity index (χ1) is 8.22. The van der Waals surface area contributed by atoms with E-state index in [1.54, 1.807) is 12.1 Å². The summed E-state index contributed by atoms with van der Waals surface area (Å²) in [6.45, 7) is 0. The number of esters is 1. The van der Waals surface area contributed by atoms with Crippen LogP contribution in [0.5, 0.6) is 5.75 Å². The molecule has 0 radical (unpaired) electrons. The lowest BCUT2D eigenvalue weighted by Gasteiger charge is -2.06. The van der Waals surface area contributed by atoms with E-state index in [0.29, 0.717) is 34.1 Å². The van der Waals surface area contributed by atoms with Crippen molar-refractivity contribution in [3.05, 3.63) is 29.5 Å². The molecule has 0 spiro atoms. The summed E-state index contributed by atoms with van der Waals surface area (Å²) >= 11 is 0. The first-order valence-corrected chi connectivity index (χ1v) is 4.94. The molecule has 0 atom stereocenters. The van der Waals surface area contributed by atoms with Crippen LogP contribution >= 0.6 is 0 Å². The van der Waals surface area contributed by atoms with Gasteiger partial charge in [0.05, 0.1) is 25.3 Å². The Kier molecular flexibility index (Phi) is 2.82. The van der Waals surface area contributed by atoms with Crippen molar-refractivity contribution in [2.75, 3.05) is 14.2 Å². The molecule has 88 valence electrons. The van der Waals surface area contributed by atoms with Crippen molar-refractivity contribution in [2.24, 2.45) is 0 Å². The number of hydrogen-bond acceptors (Lipinski definition) is 4. The highest BCUT2D eigenvalue weighted by Crippen LogP contribution is 2.30. The van der Waals surface area contributed by atoms with Crippen LogP contribution in [0.3, 0.4) is 0 Å². The molecule has 2 rings (SSSR count). The van der Waals surface area contributed by atoms with Gasteiger partial charge in [0.1, 0.15) is 5.75 Å². The van der Waals surface area contributed by atoms with Gasteiger partial charge in [-0.2, -0.15) is 0 Å². The second-order valence-electron chi connectivity index (χ2n) is 3.42. The highest BCUT2D eigenvalue weighted by Gasteiger charge is 2.17. The van der Waals surface area contributed by atoms with Gasteiger partial charge in [-0.15, -0.1) is 0 Å². The maximum absolute atomic E-state index is 11.6. The first kappa shape index (κ1) is 11.2. The molecule has 0 saturated carbocycles. The lowest BCUT2D eigenvalue weighted by Crippen LogP contribution is -2.02. The summed E-state index contributed by atoms with van der Waals surface area (Å²) < 4.78 is 9.83. The van der Waals surface area contributed by atoms with E-state index < -0.39 is 5.97 Å². The van der Waals surface area contributed by atoms with Gasteiger partial charge in [0, 0.05) is 17.1 Å². The normalized spacial score (nSPS) is 10.2. The van der Waals surface area contributed by atoms with E-state index >= 15 is 0 Å². The first-order valence-electron chi connectivity index (χ1n) is 4.94. The van der Waals surface area contributed by atoms with Crippen molar-refractivity contribution < 1.29 is 19.1 Å². The Bertz CT molecular complexity index is 585. The molecule has 0 bridgehead atoms. The molecule has 0 amide bonds. The van der Waals surface area contributed by atoms with Crippen LogP contribution in [0.25, 0.3) is 10.9 Å². The van der Waals surface area contributed by atoms with Gasteiger partial charge in [0.2, 0.25) is 0 Å². The number of carbonyl (C=O) groups is 2. The molecule has 17 heavy (non-hydrogen) atoms. The largest absolute Gasteiger partial charge is 0.495 e. The molecule has 0 unspecified atom stereocenters. The summed E-state index contributed by atoms with van der Waals surface area (Å²) in [6.07, 6.45) is 2.22. The summed E-state index contributed by atoms with van der Waals surface area (Å²) in [5.41, 5.74) is 1.35. The Hall–Kier alpha value is -2.30. The summed E-state index contributed by atoms with van der Waals surface area (Å²) in [5.74, 6) is 0.0844. The number of fused-ring (bicyclic) bond motifs is 1. The lowest BCUT2D eigenvalue weighted by molar-refractivity contribution is 0.0603. The van der Waals surface area contributed by atoms with Crippen molar-refractivity contribution in [3.8, 4) is 5.75 Å². The number of ether oxygens (including phenoxy) is 2. The number of hydrogen-bond donors (Lipinski definition) is 1. The minimum absolute atomic E-state index is 0.339. The van der Waals surface area contributed by atoms with Crippen LogP contribution in [-0.2, 0) is 4.74 Å². The third kappa shape index (κ3) is 1.65.